The molecule has 1 aliphatic carbocycles. The summed E-state index contributed by atoms with van der Waals surface area (Å²) in [5.74, 6) is -0.457. The van der Waals surface area contributed by atoms with Gasteiger partial charge in [0.05, 0.1) is 10.8 Å². The van der Waals surface area contributed by atoms with Gasteiger partial charge in [-0.25, -0.2) is 4.98 Å². The molecule has 1 aliphatic rings. The van der Waals surface area contributed by atoms with Crippen LogP contribution in [0.3, 0.4) is 0 Å². The number of carbonyl (C=O) groups excluding carboxylic acids is 1. The fourth-order valence-electron chi connectivity index (χ4n) is 2.45. The number of nitrogens with two attached hydrogens (primary N) is 1. The topological polar surface area (TPSA) is 111 Å². The maximum absolute atomic E-state index is 11.3. The molecule has 19 heavy (non-hydrogen) atoms. The van der Waals surface area contributed by atoms with E-state index in [1.165, 1.54) is 6.07 Å². The number of carbonyl (C=O) groups is 1. The Morgan fingerprint density at radius 3 is 2.95 bits per heavy atom. The SMILES string of the molecule is Cc1cnc(N[C@H]2CCC[C@H]2C(N)=O)c([N+](=O)[O-])c1. The van der Waals surface area contributed by atoms with Crippen molar-refractivity contribution in [1.29, 1.82) is 0 Å². The van der Waals surface area contributed by atoms with Gasteiger partial charge in [-0.2, -0.15) is 0 Å². The summed E-state index contributed by atoms with van der Waals surface area (Å²) >= 11 is 0. The number of aromatic nitrogens is 1. The van der Waals surface area contributed by atoms with Crippen LogP contribution in [0.25, 0.3) is 0 Å². The number of rotatable bonds is 4. The highest BCUT2D eigenvalue weighted by atomic mass is 16.6. The fourth-order valence-corrected chi connectivity index (χ4v) is 2.45. The molecule has 1 amide bonds. The average Bonchev–Trinajstić information content (AvgIpc) is 2.79. The quantitative estimate of drug-likeness (QED) is 0.630. The van der Waals surface area contributed by atoms with Crippen LogP contribution in [0, 0.1) is 23.0 Å². The predicted molar refractivity (Wildman–Crippen MR) is 69.6 cm³/mol. The molecule has 1 aromatic heterocycles. The van der Waals surface area contributed by atoms with E-state index in [0.29, 0.717) is 6.42 Å². The molecule has 0 aromatic carbocycles. The van der Waals surface area contributed by atoms with E-state index < -0.39 is 4.92 Å². The van der Waals surface area contributed by atoms with Crippen molar-refractivity contribution in [1.82, 2.24) is 4.98 Å². The molecular formula is C12H16N4O3. The Kier molecular flexibility index (Phi) is 3.64. The van der Waals surface area contributed by atoms with E-state index in [0.717, 1.165) is 18.4 Å². The van der Waals surface area contributed by atoms with E-state index in [1.807, 2.05) is 0 Å². The summed E-state index contributed by atoms with van der Waals surface area (Å²) < 4.78 is 0. The molecule has 102 valence electrons. The zero-order valence-electron chi connectivity index (χ0n) is 10.6. The van der Waals surface area contributed by atoms with Gasteiger partial charge in [0.15, 0.2) is 0 Å². The Morgan fingerprint density at radius 2 is 2.32 bits per heavy atom. The van der Waals surface area contributed by atoms with Crippen molar-refractivity contribution in [3.05, 3.63) is 27.9 Å². The molecule has 2 rings (SSSR count). The summed E-state index contributed by atoms with van der Waals surface area (Å²) in [5, 5.41) is 14.0. The fraction of sp³-hybridized carbons (Fsp3) is 0.500. The molecule has 1 aromatic rings. The number of aryl methyl sites for hydroxylation is 1. The summed E-state index contributed by atoms with van der Waals surface area (Å²) in [6.45, 7) is 1.74. The van der Waals surface area contributed by atoms with Crippen molar-refractivity contribution < 1.29 is 9.72 Å². The lowest BCUT2D eigenvalue weighted by Crippen LogP contribution is -2.34. The van der Waals surface area contributed by atoms with E-state index in [9.17, 15) is 14.9 Å². The molecule has 1 fully saturated rings. The lowest BCUT2D eigenvalue weighted by atomic mass is 10.0. The first-order valence-electron chi connectivity index (χ1n) is 6.16. The van der Waals surface area contributed by atoms with Crippen LogP contribution in [0.1, 0.15) is 24.8 Å². The number of nitrogens with zero attached hydrogens (tertiary/aromatic N) is 2. The van der Waals surface area contributed by atoms with Gasteiger partial charge in [-0.1, -0.05) is 6.42 Å². The Bertz CT molecular complexity index is 518. The average molecular weight is 264 g/mol. The van der Waals surface area contributed by atoms with Gasteiger partial charge < -0.3 is 11.1 Å². The van der Waals surface area contributed by atoms with Gasteiger partial charge in [0.2, 0.25) is 11.7 Å². The third-order valence-corrected chi connectivity index (χ3v) is 3.40. The number of nitro groups is 1. The molecule has 1 saturated carbocycles. The maximum atomic E-state index is 11.3. The van der Waals surface area contributed by atoms with Crippen LogP contribution in [-0.2, 0) is 4.79 Å². The van der Waals surface area contributed by atoms with Crippen LogP contribution in [-0.4, -0.2) is 21.9 Å². The molecule has 0 bridgehead atoms. The van der Waals surface area contributed by atoms with Crippen molar-refractivity contribution in [2.24, 2.45) is 11.7 Å². The van der Waals surface area contributed by atoms with Crippen molar-refractivity contribution in [2.75, 3.05) is 5.32 Å². The van der Waals surface area contributed by atoms with Gasteiger partial charge in [0, 0.05) is 18.3 Å². The molecule has 3 N–H and O–H groups in total. The van der Waals surface area contributed by atoms with Gasteiger partial charge in [-0.05, 0) is 25.3 Å². The van der Waals surface area contributed by atoms with Crippen LogP contribution >= 0.6 is 0 Å². The number of anilines is 1. The van der Waals surface area contributed by atoms with Crippen molar-refractivity contribution >= 4 is 17.4 Å². The molecule has 0 aliphatic heterocycles. The Morgan fingerprint density at radius 1 is 1.58 bits per heavy atom. The molecule has 0 radical (unpaired) electrons. The number of amides is 1. The number of nitrogens with one attached hydrogen (secondary N) is 1. The third-order valence-electron chi connectivity index (χ3n) is 3.40. The summed E-state index contributed by atoms with van der Waals surface area (Å²) in [6.07, 6.45) is 3.92. The molecule has 0 saturated heterocycles. The second kappa shape index (κ2) is 5.21. The molecule has 7 nitrogen and oxygen atoms in total. The first-order chi connectivity index (χ1) is 8.99. The predicted octanol–water partition coefficient (Wildman–Crippen LogP) is 1.36. The minimum atomic E-state index is -0.476. The second-order valence-corrected chi connectivity index (χ2v) is 4.83. The summed E-state index contributed by atoms with van der Waals surface area (Å²) in [5.41, 5.74) is 5.97. The Labute approximate surface area is 110 Å². The van der Waals surface area contributed by atoms with E-state index in [4.69, 9.17) is 5.73 Å². The largest absolute Gasteiger partial charge is 0.369 e. The molecule has 2 atom stereocenters. The number of primary amides is 1. The molecule has 0 spiro atoms. The van der Waals surface area contributed by atoms with Crippen LogP contribution < -0.4 is 11.1 Å². The Hall–Kier alpha value is -2.18. The summed E-state index contributed by atoms with van der Waals surface area (Å²) in [4.78, 5) is 25.9. The molecule has 0 unspecified atom stereocenters. The lowest BCUT2D eigenvalue weighted by Gasteiger charge is -2.18. The number of hydrogen-bond acceptors (Lipinski definition) is 5. The van der Waals surface area contributed by atoms with Crippen molar-refractivity contribution in [3.63, 3.8) is 0 Å². The smallest absolute Gasteiger partial charge is 0.311 e. The summed E-state index contributed by atoms with van der Waals surface area (Å²) in [6, 6.07) is 1.29. The highest BCUT2D eigenvalue weighted by Gasteiger charge is 2.33. The molecule has 1 heterocycles. The van der Waals surface area contributed by atoms with Crippen LogP contribution in [0.4, 0.5) is 11.5 Å². The lowest BCUT2D eigenvalue weighted by molar-refractivity contribution is -0.384. The van der Waals surface area contributed by atoms with Gasteiger partial charge in [-0.3, -0.25) is 14.9 Å². The van der Waals surface area contributed by atoms with Crippen molar-refractivity contribution in [3.8, 4) is 0 Å². The first-order valence-corrected chi connectivity index (χ1v) is 6.16. The van der Waals surface area contributed by atoms with Gasteiger partial charge >= 0.3 is 5.69 Å². The highest BCUT2D eigenvalue weighted by Crippen LogP contribution is 2.31. The zero-order chi connectivity index (χ0) is 14.0. The minimum Gasteiger partial charge on any atom is -0.369 e. The molecular weight excluding hydrogens is 248 g/mol. The van der Waals surface area contributed by atoms with Gasteiger partial charge in [0.1, 0.15) is 0 Å². The first kappa shape index (κ1) is 13.3. The normalized spacial score (nSPS) is 22.2. The summed E-state index contributed by atoms with van der Waals surface area (Å²) in [7, 11) is 0. The van der Waals surface area contributed by atoms with E-state index >= 15 is 0 Å². The Balaban J connectivity index is 2.23. The van der Waals surface area contributed by atoms with Gasteiger partial charge in [0.25, 0.3) is 0 Å². The standard InChI is InChI=1S/C12H16N4O3/c1-7-5-10(16(18)19)12(14-6-7)15-9-4-2-3-8(9)11(13)17/h5-6,8-9H,2-4H2,1H3,(H2,13,17)(H,14,15)/t8-,9+/m1/s1. The van der Waals surface area contributed by atoms with Crippen LogP contribution in [0.2, 0.25) is 0 Å². The highest BCUT2D eigenvalue weighted by molar-refractivity contribution is 5.78. The van der Waals surface area contributed by atoms with E-state index in [-0.39, 0.29) is 29.4 Å². The second-order valence-electron chi connectivity index (χ2n) is 4.83. The zero-order valence-corrected chi connectivity index (χ0v) is 10.6. The monoisotopic (exact) mass is 264 g/mol. The van der Waals surface area contributed by atoms with Crippen LogP contribution in [0.15, 0.2) is 12.3 Å². The minimum absolute atomic E-state index is 0.0740. The van der Waals surface area contributed by atoms with Gasteiger partial charge in [-0.15, -0.1) is 0 Å². The maximum Gasteiger partial charge on any atom is 0.311 e. The number of hydrogen-bond donors (Lipinski definition) is 2. The molecule has 7 heteroatoms. The van der Waals surface area contributed by atoms with E-state index in [2.05, 4.69) is 10.3 Å². The number of pyridine rings is 1. The third kappa shape index (κ3) is 2.81. The van der Waals surface area contributed by atoms with E-state index in [1.54, 1.807) is 13.1 Å². The van der Waals surface area contributed by atoms with Crippen molar-refractivity contribution in [2.45, 2.75) is 32.2 Å². The van der Waals surface area contributed by atoms with Crippen LogP contribution in [0.5, 0.6) is 0 Å².